The molecule has 1 aliphatic rings. The predicted octanol–water partition coefficient (Wildman–Crippen LogP) is 3.09. The topological polar surface area (TPSA) is 44.7 Å². The van der Waals surface area contributed by atoms with E-state index in [2.05, 4.69) is 5.32 Å². The fourth-order valence-electron chi connectivity index (χ4n) is 2.92. The molecule has 1 heterocycles. The van der Waals surface area contributed by atoms with Gasteiger partial charge in [0.05, 0.1) is 30.9 Å². The van der Waals surface area contributed by atoms with Gasteiger partial charge in [0.15, 0.2) is 0 Å². The lowest BCUT2D eigenvalue weighted by Gasteiger charge is -2.36. The molecule has 2 N–H and O–H groups in total. The maximum absolute atomic E-state index is 13.5. The number of aliphatic hydroxyl groups is 1. The summed E-state index contributed by atoms with van der Waals surface area (Å²) in [4.78, 5) is 1.59. The van der Waals surface area contributed by atoms with Crippen molar-refractivity contribution < 1.29 is 36.2 Å². The molecule has 11 heteroatoms. The first kappa shape index (κ1) is 22.8. The Hall–Kier alpha value is -1.23. The van der Waals surface area contributed by atoms with E-state index in [0.29, 0.717) is 32.2 Å². The average Bonchev–Trinajstić information content (AvgIpc) is 2.54. The zero-order chi connectivity index (χ0) is 18.8. The summed E-state index contributed by atoms with van der Waals surface area (Å²) in [6.07, 6.45) is -9.97. The zero-order valence-corrected chi connectivity index (χ0v) is 14.6. The summed E-state index contributed by atoms with van der Waals surface area (Å²) in [5.41, 5.74) is -3.37. The average molecular weight is 409 g/mol. The fraction of sp³-hybridized carbons (Fsp3) is 0.600. The van der Waals surface area contributed by atoms with Crippen molar-refractivity contribution in [2.45, 2.75) is 18.4 Å². The van der Waals surface area contributed by atoms with E-state index in [4.69, 9.17) is 4.74 Å². The Labute approximate surface area is 152 Å². The number of ether oxygens (including phenoxy) is 1. The van der Waals surface area contributed by atoms with E-state index in [0.717, 1.165) is 7.11 Å². The van der Waals surface area contributed by atoms with E-state index in [-0.39, 0.29) is 18.5 Å². The molecule has 0 saturated carbocycles. The SMILES string of the molecule is COc1cc(C(F)(F)F)cc(C(F)(F)F)c1[C@@H](CO)N1CCNCC1.Cl. The second-order valence-electron chi connectivity index (χ2n) is 5.62. The van der Waals surface area contributed by atoms with Crippen molar-refractivity contribution in [3.05, 3.63) is 28.8 Å². The van der Waals surface area contributed by atoms with Crippen molar-refractivity contribution in [3.63, 3.8) is 0 Å². The van der Waals surface area contributed by atoms with Gasteiger partial charge < -0.3 is 15.2 Å². The third-order valence-corrected chi connectivity index (χ3v) is 4.09. The van der Waals surface area contributed by atoms with Crippen molar-refractivity contribution in [1.82, 2.24) is 10.2 Å². The Balaban J connectivity index is 0.00000338. The van der Waals surface area contributed by atoms with Crippen LogP contribution >= 0.6 is 12.4 Å². The third-order valence-electron chi connectivity index (χ3n) is 4.09. The molecular formula is C15H19ClF6N2O2. The maximum Gasteiger partial charge on any atom is 0.416 e. The number of nitrogens with one attached hydrogen (secondary N) is 1. The van der Waals surface area contributed by atoms with E-state index < -0.39 is 47.4 Å². The van der Waals surface area contributed by atoms with Crippen LogP contribution in [0.1, 0.15) is 22.7 Å². The van der Waals surface area contributed by atoms with E-state index in [1.807, 2.05) is 0 Å². The minimum atomic E-state index is -5.02. The molecule has 0 aromatic heterocycles. The summed E-state index contributed by atoms with van der Waals surface area (Å²) in [6, 6.07) is -0.506. The van der Waals surface area contributed by atoms with Crippen LogP contribution in [-0.2, 0) is 12.4 Å². The summed E-state index contributed by atoms with van der Waals surface area (Å²) in [5.74, 6) is -0.542. The maximum atomic E-state index is 13.5. The lowest BCUT2D eigenvalue weighted by atomic mass is 9.94. The van der Waals surface area contributed by atoms with Gasteiger partial charge in [-0.3, -0.25) is 4.90 Å². The molecule has 0 bridgehead atoms. The van der Waals surface area contributed by atoms with Gasteiger partial charge in [-0.05, 0) is 12.1 Å². The van der Waals surface area contributed by atoms with Gasteiger partial charge in [-0.1, -0.05) is 0 Å². The van der Waals surface area contributed by atoms with E-state index in [9.17, 15) is 31.4 Å². The molecule has 150 valence electrons. The summed E-state index contributed by atoms with van der Waals surface area (Å²) < 4.78 is 84.1. The van der Waals surface area contributed by atoms with Crippen LogP contribution in [0.3, 0.4) is 0 Å². The van der Waals surface area contributed by atoms with Crippen molar-refractivity contribution in [2.24, 2.45) is 0 Å². The number of benzene rings is 1. The van der Waals surface area contributed by atoms with Crippen LogP contribution in [0.15, 0.2) is 12.1 Å². The van der Waals surface area contributed by atoms with Crippen LogP contribution in [0.4, 0.5) is 26.3 Å². The lowest BCUT2D eigenvalue weighted by Crippen LogP contribution is -2.46. The highest BCUT2D eigenvalue weighted by atomic mass is 35.5. The van der Waals surface area contributed by atoms with Crippen LogP contribution in [0, 0.1) is 0 Å². The number of halogens is 7. The molecule has 1 aromatic rings. The first-order valence-corrected chi connectivity index (χ1v) is 7.51. The van der Waals surface area contributed by atoms with Gasteiger partial charge in [0.25, 0.3) is 0 Å². The van der Waals surface area contributed by atoms with Gasteiger partial charge >= 0.3 is 12.4 Å². The molecule has 0 unspecified atom stereocenters. The monoisotopic (exact) mass is 408 g/mol. The van der Waals surface area contributed by atoms with Crippen molar-refractivity contribution in [1.29, 1.82) is 0 Å². The number of hydrogen-bond acceptors (Lipinski definition) is 4. The van der Waals surface area contributed by atoms with Gasteiger partial charge in [-0.15, -0.1) is 12.4 Å². The largest absolute Gasteiger partial charge is 0.496 e. The standard InChI is InChI=1S/C15H18F6N2O2.ClH/c1-25-12-7-9(14(16,17)18)6-10(15(19,20)21)13(12)11(8-24)23-4-2-22-3-5-23;/h6-7,11,22,24H,2-5,8H2,1H3;1H/t11-;/m1./s1. The minimum absolute atomic E-state index is 0. The number of alkyl halides is 6. The summed E-state index contributed by atoms with van der Waals surface area (Å²) in [6.45, 7) is 1.03. The molecule has 26 heavy (non-hydrogen) atoms. The van der Waals surface area contributed by atoms with Gasteiger partial charge in [-0.2, -0.15) is 26.3 Å². The highest BCUT2D eigenvalue weighted by Gasteiger charge is 2.42. The number of hydrogen-bond donors (Lipinski definition) is 2. The van der Waals surface area contributed by atoms with Gasteiger partial charge in [0, 0.05) is 31.7 Å². The Morgan fingerprint density at radius 2 is 1.69 bits per heavy atom. The van der Waals surface area contributed by atoms with Crippen LogP contribution in [0.25, 0.3) is 0 Å². The Bertz CT molecular complexity index is 603. The quantitative estimate of drug-likeness (QED) is 0.752. The summed E-state index contributed by atoms with van der Waals surface area (Å²) in [5, 5.41) is 12.7. The molecule has 2 rings (SSSR count). The minimum Gasteiger partial charge on any atom is -0.496 e. The molecule has 0 spiro atoms. The van der Waals surface area contributed by atoms with Crippen LogP contribution < -0.4 is 10.1 Å². The number of aliphatic hydroxyl groups excluding tert-OH is 1. The highest BCUT2D eigenvalue weighted by molar-refractivity contribution is 5.85. The molecule has 1 aromatic carbocycles. The number of rotatable bonds is 4. The Morgan fingerprint density at radius 3 is 2.12 bits per heavy atom. The molecule has 1 aliphatic heterocycles. The molecule has 0 amide bonds. The molecule has 1 saturated heterocycles. The molecular weight excluding hydrogens is 390 g/mol. The van der Waals surface area contributed by atoms with Crippen molar-refractivity contribution in [3.8, 4) is 5.75 Å². The molecule has 4 nitrogen and oxygen atoms in total. The van der Waals surface area contributed by atoms with Crippen molar-refractivity contribution >= 4 is 12.4 Å². The number of methoxy groups -OCH3 is 1. The van der Waals surface area contributed by atoms with E-state index in [1.165, 1.54) is 0 Å². The smallest absolute Gasteiger partial charge is 0.416 e. The Kier molecular flexibility index (Phi) is 7.58. The first-order valence-electron chi connectivity index (χ1n) is 7.51. The van der Waals surface area contributed by atoms with E-state index in [1.54, 1.807) is 4.90 Å². The molecule has 0 aliphatic carbocycles. The predicted molar refractivity (Wildman–Crippen MR) is 84.5 cm³/mol. The second kappa shape index (κ2) is 8.64. The number of nitrogens with zero attached hydrogens (tertiary/aromatic N) is 1. The molecule has 1 fully saturated rings. The second-order valence-corrected chi connectivity index (χ2v) is 5.62. The summed E-state index contributed by atoms with van der Waals surface area (Å²) in [7, 11) is 1.01. The van der Waals surface area contributed by atoms with E-state index >= 15 is 0 Å². The Morgan fingerprint density at radius 1 is 1.12 bits per heavy atom. The van der Waals surface area contributed by atoms with Crippen molar-refractivity contribution in [2.75, 3.05) is 39.9 Å². The zero-order valence-electron chi connectivity index (χ0n) is 13.7. The van der Waals surface area contributed by atoms with Gasteiger partial charge in [0.1, 0.15) is 5.75 Å². The first-order chi connectivity index (χ1) is 11.6. The highest BCUT2D eigenvalue weighted by Crippen LogP contribution is 2.44. The summed E-state index contributed by atoms with van der Waals surface area (Å²) >= 11 is 0. The number of piperazine rings is 1. The molecule has 0 radical (unpaired) electrons. The van der Waals surface area contributed by atoms with Gasteiger partial charge in [-0.25, -0.2) is 0 Å². The fourth-order valence-corrected chi connectivity index (χ4v) is 2.92. The lowest BCUT2D eigenvalue weighted by molar-refractivity contribution is -0.144. The van der Waals surface area contributed by atoms with Crippen LogP contribution in [0.2, 0.25) is 0 Å². The third kappa shape index (κ3) is 4.93. The van der Waals surface area contributed by atoms with Crippen LogP contribution in [0.5, 0.6) is 5.75 Å². The molecule has 1 atom stereocenters. The van der Waals surface area contributed by atoms with Gasteiger partial charge in [0.2, 0.25) is 0 Å². The normalized spacial score (nSPS) is 17.5. The van der Waals surface area contributed by atoms with Crippen LogP contribution in [-0.4, -0.2) is 49.9 Å².